The number of carbonyl (C=O) groups is 2. The maximum absolute atomic E-state index is 12.8. The van der Waals surface area contributed by atoms with Gasteiger partial charge in [0, 0.05) is 37.3 Å². The van der Waals surface area contributed by atoms with Crippen LogP contribution in [0.2, 0.25) is 0 Å². The minimum absolute atomic E-state index is 0.0854. The molecule has 0 aliphatic carbocycles. The highest BCUT2D eigenvalue weighted by Gasteiger charge is 2.23. The largest absolute Gasteiger partial charge is 0.448 e. The van der Waals surface area contributed by atoms with Gasteiger partial charge >= 0.3 is 0 Å². The summed E-state index contributed by atoms with van der Waals surface area (Å²) in [6, 6.07) is 16.6. The van der Waals surface area contributed by atoms with Crippen molar-refractivity contribution in [1.82, 2.24) is 19.4 Å². The molecule has 0 saturated carbocycles. The molecule has 4 aromatic rings. The number of aromatic nitrogens is 2. The molecule has 0 atom stereocenters. The maximum Gasteiger partial charge on any atom is 0.297 e. The summed E-state index contributed by atoms with van der Waals surface area (Å²) in [5.74, 6) is -0.250. The van der Waals surface area contributed by atoms with Gasteiger partial charge in [-0.1, -0.05) is 30.3 Å². The standard InChI is InChI=1S/C24H23N5O4/c30-20(26-17-6-2-1-3-7-17)14-27-10-12-28(13-11-27)21(31)15-29-16-25-22-18-8-4-5-9-19(18)33-23(22)24(29)32/h1-9,16H,10-15H2,(H,26,30). The van der Waals surface area contributed by atoms with Crippen molar-refractivity contribution in [2.24, 2.45) is 0 Å². The number of amides is 2. The Morgan fingerprint density at radius 2 is 1.67 bits per heavy atom. The molecule has 0 spiro atoms. The number of rotatable bonds is 5. The predicted octanol–water partition coefficient (Wildman–Crippen LogP) is 1.93. The first-order chi connectivity index (χ1) is 16.1. The minimum Gasteiger partial charge on any atom is -0.448 e. The van der Waals surface area contributed by atoms with Crippen LogP contribution in [0.5, 0.6) is 0 Å². The number of hydrogen-bond donors (Lipinski definition) is 1. The third-order valence-corrected chi connectivity index (χ3v) is 5.81. The summed E-state index contributed by atoms with van der Waals surface area (Å²) in [5, 5.41) is 3.64. The lowest BCUT2D eigenvalue weighted by Crippen LogP contribution is -2.51. The highest BCUT2D eigenvalue weighted by molar-refractivity contribution is 6.01. The summed E-state index contributed by atoms with van der Waals surface area (Å²) in [6.45, 7) is 2.32. The van der Waals surface area contributed by atoms with Gasteiger partial charge in [0.1, 0.15) is 17.6 Å². The number of carbonyl (C=O) groups excluding carboxylic acids is 2. The first-order valence-electron chi connectivity index (χ1n) is 10.8. The van der Waals surface area contributed by atoms with Crippen molar-refractivity contribution in [3.05, 3.63) is 71.3 Å². The molecular weight excluding hydrogens is 422 g/mol. The molecule has 168 valence electrons. The van der Waals surface area contributed by atoms with Gasteiger partial charge in [-0.05, 0) is 24.3 Å². The SMILES string of the molecule is O=C(CN1CCN(C(=O)Cn2cnc3c(oc4ccccc43)c2=O)CC1)Nc1ccccc1. The molecule has 2 amide bonds. The molecule has 1 N–H and O–H groups in total. The molecule has 1 saturated heterocycles. The smallest absolute Gasteiger partial charge is 0.297 e. The third kappa shape index (κ3) is 4.35. The van der Waals surface area contributed by atoms with Crippen LogP contribution < -0.4 is 10.9 Å². The van der Waals surface area contributed by atoms with Crippen molar-refractivity contribution in [3.8, 4) is 0 Å². The second-order valence-electron chi connectivity index (χ2n) is 8.02. The highest BCUT2D eigenvalue weighted by atomic mass is 16.3. The van der Waals surface area contributed by atoms with Crippen LogP contribution in [-0.2, 0) is 16.1 Å². The van der Waals surface area contributed by atoms with Crippen LogP contribution in [0.3, 0.4) is 0 Å². The lowest BCUT2D eigenvalue weighted by Gasteiger charge is -2.34. The molecule has 9 nitrogen and oxygen atoms in total. The number of nitrogens with one attached hydrogen (secondary N) is 1. The molecule has 1 aliphatic rings. The summed E-state index contributed by atoms with van der Waals surface area (Å²) in [4.78, 5) is 46.0. The molecule has 2 aromatic carbocycles. The zero-order valence-electron chi connectivity index (χ0n) is 17.9. The van der Waals surface area contributed by atoms with Gasteiger partial charge < -0.3 is 14.6 Å². The number of hydrogen-bond acceptors (Lipinski definition) is 6. The Labute approximate surface area is 189 Å². The van der Waals surface area contributed by atoms with Crippen LogP contribution >= 0.6 is 0 Å². The minimum atomic E-state index is -0.374. The number of fused-ring (bicyclic) bond motifs is 3. The van der Waals surface area contributed by atoms with E-state index >= 15 is 0 Å². The topological polar surface area (TPSA) is 101 Å². The van der Waals surface area contributed by atoms with Gasteiger partial charge in [-0.2, -0.15) is 0 Å². The fourth-order valence-corrected chi connectivity index (χ4v) is 4.05. The van der Waals surface area contributed by atoms with E-state index in [9.17, 15) is 14.4 Å². The van der Waals surface area contributed by atoms with Gasteiger partial charge in [-0.15, -0.1) is 0 Å². The van der Waals surface area contributed by atoms with E-state index in [1.807, 2.05) is 53.4 Å². The molecule has 33 heavy (non-hydrogen) atoms. The lowest BCUT2D eigenvalue weighted by atomic mass is 10.2. The molecule has 0 radical (unpaired) electrons. The summed E-state index contributed by atoms with van der Waals surface area (Å²) in [6.07, 6.45) is 1.40. The van der Waals surface area contributed by atoms with Crippen LogP contribution in [0, 0.1) is 0 Å². The molecule has 1 fully saturated rings. The Bertz CT molecular complexity index is 1370. The van der Waals surface area contributed by atoms with E-state index in [2.05, 4.69) is 10.3 Å². The molecule has 5 rings (SSSR count). The van der Waals surface area contributed by atoms with Crippen LogP contribution in [0.4, 0.5) is 5.69 Å². The molecule has 3 heterocycles. The Morgan fingerprint density at radius 3 is 2.45 bits per heavy atom. The molecule has 1 aliphatic heterocycles. The summed E-state index contributed by atoms with van der Waals surface area (Å²) in [7, 11) is 0. The maximum atomic E-state index is 12.8. The van der Waals surface area contributed by atoms with Crippen molar-refractivity contribution in [1.29, 1.82) is 0 Å². The number of anilines is 1. The van der Waals surface area contributed by atoms with Gasteiger partial charge in [-0.3, -0.25) is 23.9 Å². The summed E-state index contributed by atoms with van der Waals surface area (Å²) < 4.78 is 6.96. The van der Waals surface area contributed by atoms with E-state index in [1.54, 1.807) is 11.0 Å². The predicted molar refractivity (Wildman–Crippen MR) is 124 cm³/mol. The normalized spacial score (nSPS) is 14.6. The monoisotopic (exact) mass is 445 g/mol. The quantitative estimate of drug-likeness (QED) is 0.504. The van der Waals surface area contributed by atoms with Gasteiger partial charge in [-0.25, -0.2) is 4.98 Å². The van der Waals surface area contributed by atoms with Crippen molar-refractivity contribution < 1.29 is 14.0 Å². The zero-order chi connectivity index (χ0) is 22.8. The van der Waals surface area contributed by atoms with Gasteiger partial charge in [0.25, 0.3) is 5.56 Å². The highest BCUT2D eigenvalue weighted by Crippen LogP contribution is 2.24. The van der Waals surface area contributed by atoms with Gasteiger partial charge in [0.15, 0.2) is 0 Å². The van der Waals surface area contributed by atoms with E-state index in [0.717, 1.165) is 11.1 Å². The molecule has 0 unspecified atom stereocenters. The fourth-order valence-electron chi connectivity index (χ4n) is 4.05. The van der Waals surface area contributed by atoms with Crippen molar-refractivity contribution >= 4 is 39.6 Å². The average molecular weight is 445 g/mol. The Balaban J connectivity index is 1.19. The third-order valence-electron chi connectivity index (χ3n) is 5.81. The molecule has 0 bridgehead atoms. The second kappa shape index (κ2) is 8.87. The number of para-hydroxylation sites is 2. The van der Waals surface area contributed by atoms with E-state index in [-0.39, 0.29) is 36.0 Å². The summed E-state index contributed by atoms with van der Waals surface area (Å²) in [5.41, 5.74) is 1.63. The van der Waals surface area contributed by atoms with Crippen LogP contribution in [0.1, 0.15) is 0 Å². The number of nitrogens with zero attached hydrogens (tertiary/aromatic N) is 4. The number of piperazine rings is 1. The van der Waals surface area contributed by atoms with Crippen LogP contribution in [0.15, 0.2) is 70.1 Å². The Hall–Kier alpha value is -3.98. The van der Waals surface area contributed by atoms with E-state index in [0.29, 0.717) is 37.3 Å². The van der Waals surface area contributed by atoms with Crippen molar-refractivity contribution in [2.45, 2.75) is 6.54 Å². The Kier molecular flexibility index (Phi) is 5.62. The van der Waals surface area contributed by atoms with Crippen molar-refractivity contribution in [2.75, 3.05) is 38.0 Å². The van der Waals surface area contributed by atoms with Gasteiger partial charge in [0.05, 0.1) is 12.9 Å². The van der Waals surface area contributed by atoms with E-state index < -0.39 is 0 Å². The van der Waals surface area contributed by atoms with Crippen LogP contribution in [0.25, 0.3) is 22.1 Å². The molecule has 2 aromatic heterocycles. The Morgan fingerprint density at radius 1 is 0.939 bits per heavy atom. The van der Waals surface area contributed by atoms with Crippen LogP contribution in [-0.4, -0.2) is 63.9 Å². The summed E-state index contributed by atoms with van der Waals surface area (Å²) >= 11 is 0. The lowest BCUT2D eigenvalue weighted by molar-refractivity contribution is -0.133. The second-order valence-corrected chi connectivity index (χ2v) is 8.02. The zero-order valence-corrected chi connectivity index (χ0v) is 17.9. The van der Waals surface area contributed by atoms with Gasteiger partial charge in [0.2, 0.25) is 17.4 Å². The number of furan rings is 1. The first-order valence-corrected chi connectivity index (χ1v) is 10.8. The van der Waals surface area contributed by atoms with E-state index in [1.165, 1.54) is 10.9 Å². The van der Waals surface area contributed by atoms with Crippen molar-refractivity contribution in [3.63, 3.8) is 0 Å². The fraction of sp³-hybridized carbons (Fsp3) is 0.250. The molecular formula is C24H23N5O4. The molecule has 9 heteroatoms. The number of benzene rings is 2. The average Bonchev–Trinajstić information content (AvgIpc) is 3.21. The van der Waals surface area contributed by atoms with E-state index in [4.69, 9.17) is 4.42 Å². The first kappa shape index (κ1) is 20.9.